The van der Waals surface area contributed by atoms with Crippen LogP contribution in [0.1, 0.15) is 5.69 Å². The first-order valence-corrected chi connectivity index (χ1v) is 6.90. The molecule has 1 aromatic carbocycles. The van der Waals surface area contributed by atoms with E-state index < -0.39 is 0 Å². The topological polar surface area (TPSA) is 49.8 Å². The molecule has 0 spiro atoms. The fourth-order valence-electron chi connectivity index (χ4n) is 1.94. The van der Waals surface area contributed by atoms with Gasteiger partial charge in [-0.2, -0.15) is 4.98 Å². The lowest BCUT2D eigenvalue weighted by Crippen LogP contribution is -2.01. The van der Waals surface area contributed by atoms with Crippen LogP contribution in [0.2, 0.25) is 0 Å². The molecule has 5 heteroatoms. The first kappa shape index (κ1) is 11.9. The van der Waals surface area contributed by atoms with E-state index in [-0.39, 0.29) is 0 Å². The van der Waals surface area contributed by atoms with Gasteiger partial charge in [0.15, 0.2) is 0 Å². The van der Waals surface area contributed by atoms with E-state index in [1.54, 1.807) is 11.3 Å². The van der Waals surface area contributed by atoms with E-state index >= 15 is 0 Å². The van der Waals surface area contributed by atoms with Crippen molar-refractivity contribution in [2.75, 3.05) is 17.7 Å². The number of rotatable bonds is 3. The van der Waals surface area contributed by atoms with Crippen molar-refractivity contribution in [2.24, 2.45) is 0 Å². The summed E-state index contributed by atoms with van der Waals surface area (Å²) in [5, 5.41) is 9.62. The Morgan fingerprint density at radius 2 is 2.00 bits per heavy atom. The number of aryl methyl sites for hydroxylation is 1. The fourth-order valence-corrected chi connectivity index (χ4v) is 2.71. The SMILES string of the molecule is CNc1nc(C)cc(Nc2ccc3sccc3c2)n1. The maximum Gasteiger partial charge on any atom is 0.224 e. The summed E-state index contributed by atoms with van der Waals surface area (Å²) in [7, 11) is 1.82. The number of nitrogens with one attached hydrogen (secondary N) is 2. The number of hydrogen-bond donors (Lipinski definition) is 2. The van der Waals surface area contributed by atoms with Gasteiger partial charge < -0.3 is 10.6 Å². The minimum atomic E-state index is 0.624. The Balaban J connectivity index is 1.93. The van der Waals surface area contributed by atoms with E-state index in [0.717, 1.165) is 17.2 Å². The number of hydrogen-bond acceptors (Lipinski definition) is 5. The van der Waals surface area contributed by atoms with Crippen LogP contribution >= 0.6 is 11.3 Å². The molecule has 0 saturated carbocycles. The Hall–Kier alpha value is -2.14. The Kier molecular flexibility index (Phi) is 3.05. The number of anilines is 3. The molecular weight excluding hydrogens is 256 g/mol. The number of thiophene rings is 1. The number of fused-ring (bicyclic) bond motifs is 1. The Labute approximate surface area is 115 Å². The van der Waals surface area contributed by atoms with Crippen LogP contribution in [-0.2, 0) is 0 Å². The van der Waals surface area contributed by atoms with Crippen LogP contribution in [0.4, 0.5) is 17.5 Å². The minimum absolute atomic E-state index is 0.624. The summed E-state index contributed by atoms with van der Waals surface area (Å²) in [5.74, 6) is 1.42. The van der Waals surface area contributed by atoms with E-state index in [4.69, 9.17) is 0 Å². The lowest BCUT2D eigenvalue weighted by atomic mass is 10.2. The molecule has 0 fully saturated rings. The summed E-state index contributed by atoms with van der Waals surface area (Å²) in [6.07, 6.45) is 0. The Morgan fingerprint density at radius 1 is 1.11 bits per heavy atom. The van der Waals surface area contributed by atoms with Crippen LogP contribution < -0.4 is 10.6 Å². The molecule has 2 aromatic heterocycles. The standard InChI is InChI=1S/C14H14N4S/c1-9-7-13(18-14(15-2)16-9)17-11-3-4-12-10(8-11)5-6-19-12/h3-8H,1-2H3,(H2,15,16,17,18). The molecule has 3 aromatic rings. The minimum Gasteiger partial charge on any atom is -0.357 e. The lowest BCUT2D eigenvalue weighted by molar-refractivity contribution is 1.10. The highest BCUT2D eigenvalue weighted by molar-refractivity contribution is 7.17. The third-order valence-corrected chi connectivity index (χ3v) is 3.70. The van der Waals surface area contributed by atoms with Crippen LogP contribution in [0.5, 0.6) is 0 Å². The summed E-state index contributed by atoms with van der Waals surface area (Å²) < 4.78 is 1.29. The molecule has 4 nitrogen and oxygen atoms in total. The Morgan fingerprint density at radius 3 is 2.84 bits per heavy atom. The van der Waals surface area contributed by atoms with Gasteiger partial charge in [0.05, 0.1) is 0 Å². The molecule has 2 heterocycles. The highest BCUT2D eigenvalue weighted by atomic mass is 32.1. The molecule has 96 valence electrons. The molecule has 0 unspecified atom stereocenters. The molecule has 0 aliphatic heterocycles. The van der Waals surface area contributed by atoms with Crippen molar-refractivity contribution in [3.05, 3.63) is 41.4 Å². The number of benzene rings is 1. The van der Waals surface area contributed by atoms with Gasteiger partial charge >= 0.3 is 0 Å². The molecule has 2 N–H and O–H groups in total. The van der Waals surface area contributed by atoms with Crippen molar-refractivity contribution in [2.45, 2.75) is 6.92 Å². The predicted octanol–water partition coefficient (Wildman–Crippen LogP) is 3.79. The summed E-state index contributed by atoms with van der Waals surface area (Å²) in [6, 6.07) is 10.4. The molecule has 0 aliphatic carbocycles. The number of nitrogens with zero attached hydrogens (tertiary/aromatic N) is 2. The molecule has 19 heavy (non-hydrogen) atoms. The van der Waals surface area contributed by atoms with Crippen molar-refractivity contribution >= 4 is 38.9 Å². The fraction of sp³-hybridized carbons (Fsp3) is 0.143. The average molecular weight is 270 g/mol. The Bertz CT molecular complexity index is 720. The van der Waals surface area contributed by atoms with Crippen molar-refractivity contribution < 1.29 is 0 Å². The van der Waals surface area contributed by atoms with Crippen molar-refractivity contribution in [1.82, 2.24) is 9.97 Å². The molecule has 0 radical (unpaired) electrons. The number of aromatic nitrogens is 2. The van der Waals surface area contributed by atoms with Crippen LogP contribution in [-0.4, -0.2) is 17.0 Å². The smallest absolute Gasteiger partial charge is 0.224 e. The van der Waals surface area contributed by atoms with Gasteiger partial charge in [-0.05, 0) is 42.0 Å². The molecule has 0 atom stereocenters. The molecule has 0 saturated heterocycles. The van der Waals surface area contributed by atoms with Crippen LogP contribution in [0.3, 0.4) is 0 Å². The predicted molar refractivity (Wildman–Crippen MR) is 81.4 cm³/mol. The van der Waals surface area contributed by atoms with Crippen molar-refractivity contribution in [3.63, 3.8) is 0 Å². The van der Waals surface area contributed by atoms with Gasteiger partial charge in [0, 0.05) is 29.2 Å². The van der Waals surface area contributed by atoms with E-state index in [1.165, 1.54) is 10.1 Å². The van der Waals surface area contributed by atoms with Gasteiger partial charge in [-0.15, -0.1) is 11.3 Å². The van der Waals surface area contributed by atoms with Crippen molar-refractivity contribution in [1.29, 1.82) is 0 Å². The largest absolute Gasteiger partial charge is 0.357 e. The van der Waals surface area contributed by atoms with Crippen LogP contribution in [0.15, 0.2) is 35.7 Å². The quantitative estimate of drug-likeness (QED) is 0.760. The first-order chi connectivity index (χ1) is 9.24. The highest BCUT2D eigenvalue weighted by Gasteiger charge is 2.02. The average Bonchev–Trinajstić information content (AvgIpc) is 2.85. The summed E-state index contributed by atoms with van der Waals surface area (Å²) in [6.45, 7) is 1.95. The zero-order chi connectivity index (χ0) is 13.2. The summed E-state index contributed by atoms with van der Waals surface area (Å²) in [5.41, 5.74) is 1.96. The third-order valence-electron chi connectivity index (χ3n) is 2.80. The second-order valence-electron chi connectivity index (χ2n) is 4.27. The highest BCUT2D eigenvalue weighted by Crippen LogP contribution is 2.25. The maximum atomic E-state index is 4.38. The molecule has 0 amide bonds. The first-order valence-electron chi connectivity index (χ1n) is 6.02. The summed E-state index contributed by atoms with van der Waals surface area (Å²) in [4.78, 5) is 8.66. The van der Waals surface area contributed by atoms with Crippen LogP contribution in [0, 0.1) is 6.92 Å². The zero-order valence-corrected chi connectivity index (χ0v) is 11.6. The van der Waals surface area contributed by atoms with Gasteiger partial charge in [-0.25, -0.2) is 4.98 Å². The van der Waals surface area contributed by atoms with Gasteiger partial charge in [0.2, 0.25) is 5.95 Å². The van der Waals surface area contributed by atoms with E-state index in [0.29, 0.717) is 5.95 Å². The molecule has 0 bridgehead atoms. The maximum absolute atomic E-state index is 4.38. The monoisotopic (exact) mass is 270 g/mol. The van der Waals surface area contributed by atoms with E-state index in [1.807, 2.05) is 20.0 Å². The zero-order valence-electron chi connectivity index (χ0n) is 10.8. The molecule has 3 rings (SSSR count). The molecular formula is C14H14N4S. The van der Waals surface area contributed by atoms with Gasteiger partial charge in [0.1, 0.15) is 5.82 Å². The summed E-state index contributed by atoms with van der Waals surface area (Å²) >= 11 is 1.75. The van der Waals surface area contributed by atoms with E-state index in [2.05, 4.69) is 50.2 Å². The molecule has 0 aliphatic rings. The van der Waals surface area contributed by atoms with E-state index in [9.17, 15) is 0 Å². The second-order valence-corrected chi connectivity index (χ2v) is 5.21. The van der Waals surface area contributed by atoms with Gasteiger partial charge in [-0.1, -0.05) is 0 Å². The van der Waals surface area contributed by atoms with Gasteiger partial charge in [0.25, 0.3) is 0 Å². The third kappa shape index (κ3) is 2.51. The van der Waals surface area contributed by atoms with Gasteiger partial charge in [-0.3, -0.25) is 0 Å². The normalized spacial score (nSPS) is 10.6. The van der Waals surface area contributed by atoms with Crippen LogP contribution in [0.25, 0.3) is 10.1 Å². The second kappa shape index (κ2) is 4.85. The van der Waals surface area contributed by atoms with Crippen molar-refractivity contribution in [3.8, 4) is 0 Å². The lowest BCUT2D eigenvalue weighted by Gasteiger charge is -2.08.